The first-order valence-electron chi connectivity index (χ1n) is 6.34. The summed E-state index contributed by atoms with van der Waals surface area (Å²) in [5.41, 5.74) is 1.98. The van der Waals surface area contributed by atoms with E-state index in [2.05, 4.69) is 11.8 Å². The summed E-state index contributed by atoms with van der Waals surface area (Å²) in [5.74, 6) is 0.794. The van der Waals surface area contributed by atoms with Gasteiger partial charge in [0, 0.05) is 13.1 Å². The molecule has 1 saturated heterocycles. The summed E-state index contributed by atoms with van der Waals surface area (Å²) < 4.78 is 0. The van der Waals surface area contributed by atoms with E-state index >= 15 is 0 Å². The molecule has 1 heterocycles. The number of benzene rings is 1. The second-order valence-corrected chi connectivity index (χ2v) is 5.30. The molecule has 0 aromatic heterocycles. The van der Waals surface area contributed by atoms with Crippen LogP contribution in [0.3, 0.4) is 0 Å². The summed E-state index contributed by atoms with van der Waals surface area (Å²) in [6.45, 7) is 6.19. The molecular weight excluding hydrogens is 234 g/mol. The quantitative estimate of drug-likeness (QED) is 0.889. The van der Waals surface area contributed by atoms with E-state index in [9.17, 15) is 5.11 Å². The Kier molecular flexibility index (Phi) is 3.95. The molecule has 2 rings (SSSR count). The van der Waals surface area contributed by atoms with Crippen molar-refractivity contribution in [1.29, 1.82) is 0 Å². The lowest BCUT2D eigenvalue weighted by Gasteiger charge is -2.21. The van der Waals surface area contributed by atoms with Crippen LogP contribution in [0.2, 0.25) is 5.02 Å². The van der Waals surface area contributed by atoms with E-state index in [1.807, 2.05) is 18.2 Å². The molecule has 1 fully saturated rings. The van der Waals surface area contributed by atoms with E-state index < -0.39 is 6.10 Å². The van der Waals surface area contributed by atoms with E-state index in [-0.39, 0.29) is 0 Å². The van der Waals surface area contributed by atoms with E-state index in [0.29, 0.717) is 0 Å². The largest absolute Gasteiger partial charge is 0.389 e. The van der Waals surface area contributed by atoms with Gasteiger partial charge in [0.25, 0.3) is 0 Å². The van der Waals surface area contributed by atoms with Gasteiger partial charge in [0.05, 0.1) is 16.8 Å². The van der Waals surface area contributed by atoms with Gasteiger partial charge in [-0.15, -0.1) is 0 Å². The van der Waals surface area contributed by atoms with Crippen LogP contribution in [0, 0.1) is 5.92 Å². The maximum absolute atomic E-state index is 9.51. The highest BCUT2D eigenvalue weighted by Gasteiger charge is 2.22. The smallest absolute Gasteiger partial charge is 0.0762 e. The predicted molar refractivity (Wildman–Crippen MR) is 72.7 cm³/mol. The topological polar surface area (TPSA) is 23.5 Å². The molecule has 94 valence electrons. The number of aliphatic hydroxyl groups is 1. The van der Waals surface area contributed by atoms with Crippen molar-refractivity contribution in [1.82, 2.24) is 0 Å². The highest BCUT2D eigenvalue weighted by molar-refractivity contribution is 6.33. The standard InChI is InChI=1S/C14H20ClNO/c1-3-11-6-7-16(9-11)14-5-4-12(10(2)17)8-13(14)15/h4-5,8,10-11,17H,3,6-7,9H2,1-2H3. The van der Waals surface area contributed by atoms with Crippen molar-refractivity contribution in [3.63, 3.8) is 0 Å². The molecule has 3 heteroatoms. The minimum Gasteiger partial charge on any atom is -0.389 e. The molecule has 0 amide bonds. The van der Waals surface area contributed by atoms with Gasteiger partial charge < -0.3 is 10.0 Å². The maximum Gasteiger partial charge on any atom is 0.0762 e. The SMILES string of the molecule is CCC1CCN(c2ccc(C(C)O)cc2Cl)C1. The van der Waals surface area contributed by atoms with Crippen molar-refractivity contribution >= 4 is 17.3 Å². The number of rotatable bonds is 3. The summed E-state index contributed by atoms with van der Waals surface area (Å²) in [4.78, 5) is 2.35. The molecule has 1 N–H and O–H groups in total. The van der Waals surface area contributed by atoms with Gasteiger partial charge in [-0.2, -0.15) is 0 Å². The molecule has 0 radical (unpaired) electrons. The predicted octanol–water partition coefficient (Wildman–Crippen LogP) is 3.63. The molecule has 2 unspecified atom stereocenters. The Morgan fingerprint density at radius 2 is 2.29 bits per heavy atom. The van der Waals surface area contributed by atoms with Crippen LogP contribution >= 0.6 is 11.6 Å². The third-order valence-corrected chi connectivity index (χ3v) is 3.96. The molecule has 0 spiro atoms. The first-order valence-corrected chi connectivity index (χ1v) is 6.72. The number of hydrogen-bond acceptors (Lipinski definition) is 2. The van der Waals surface area contributed by atoms with E-state index in [4.69, 9.17) is 11.6 Å². The van der Waals surface area contributed by atoms with Crippen LogP contribution < -0.4 is 4.90 Å². The van der Waals surface area contributed by atoms with Gasteiger partial charge >= 0.3 is 0 Å². The molecule has 1 aliphatic heterocycles. The van der Waals surface area contributed by atoms with Gasteiger partial charge in [0.15, 0.2) is 0 Å². The Hall–Kier alpha value is -0.730. The van der Waals surface area contributed by atoms with Crippen LogP contribution in [0.25, 0.3) is 0 Å². The summed E-state index contributed by atoms with van der Waals surface area (Å²) >= 11 is 6.29. The number of hydrogen-bond donors (Lipinski definition) is 1. The van der Waals surface area contributed by atoms with Gasteiger partial charge in [0.2, 0.25) is 0 Å². The molecule has 1 aliphatic rings. The van der Waals surface area contributed by atoms with Gasteiger partial charge in [-0.05, 0) is 37.0 Å². The zero-order chi connectivity index (χ0) is 12.4. The van der Waals surface area contributed by atoms with Crippen LogP contribution in [-0.4, -0.2) is 18.2 Å². The maximum atomic E-state index is 9.51. The molecule has 0 aliphatic carbocycles. The second kappa shape index (κ2) is 5.28. The van der Waals surface area contributed by atoms with Crippen LogP contribution in [0.5, 0.6) is 0 Å². The Morgan fingerprint density at radius 1 is 1.53 bits per heavy atom. The zero-order valence-corrected chi connectivity index (χ0v) is 11.2. The molecule has 1 aromatic carbocycles. The minimum absolute atomic E-state index is 0.455. The van der Waals surface area contributed by atoms with Gasteiger partial charge in [-0.25, -0.2) is 0 Å². The molecule has 2 nitrogen and oxygen atoms in total. The lowest BCUT2D eigenvalue weighted by molar-refractivity contribution is 0.199. The number of halogens is 1. The number of nitrogens with zero attached hydrogens (tertiary/aromatic N) is 1. The molecular formula is C14H20ClNO. The van der Waals surface area contributed by atoms with Crippen molar-refractivity contribution in [3.05, 3.63) is 28.8 Å². The number of anilines is 1. The average Bonchev–Trinajstić information content (AvgIpc) is 2.77. The fourth-order valence-corrected chi connectivity index (χ4v) is 2.73. The summed E-state index contributed by atoms with van der Waals surface area (Å²) in [5, 5.41) is 10.3. The van der Waals surface area contributed by atoms with Crippen LogP contribution in [0.15, 0.2) is 18.2 Å². The highest BCUT2D eigenvalue weighted by atomic mass is 35.5. The average molecular weight is 254 g/mol. The third-order valence-electron chi connectivity index (χ3n) is 3.66. The second-order valence-electron chi connectivity index (χ2n) is 4.90. The van der Waals surface area contributed by atoms with Crippen molar-refractivity contribution in [2.24, 2.45) is 5.92 Å². The van der Waals surface area contributed by atoms with Crippen LogP contribution in [-0.2, 0) is 0 Å². The third kappa shape index (κ3) is 2.75. The van der Waals surface area contributed by atoms with Gasteiger partial charge in [0.1, 0.15) is 0 Å². The van der Waals surface area contributed by atoms with Crippen LogP contribution in [0.4, 0.5) is 5.69 Å². The van der Waals surface area contributed by atoms with E-state index in [1.54, 1.807) is 6.92 Å². The Bertz CT molecular complexity index is 392. The van der Waals surface area contributed by atoms with Crippen LogP contribution in [0.1, 0.15) is 38.4 Å². The molecule has 0 saturated carbocycles. The van der Waals surface area contributed by atoms with Crippen molar-refractivity contribution in [2.45, 2.75) is 32.8 Å². The Labute approximate surface area is 108 Å². The fourth-order valence-electron chi connectivity index (χ4n) is 2.42. The first-order chi connectivity index (χ1) is 8.11. The summed E-state index contributed by atoms with van der Waals surface area (Å²) in [6, 6.07) is 5.87. The van der Waals surface area contributed by atoms with E-state index in [0.717, 1.165) is 35.3 Å². The van der Waals surface area contributed by atoms with Gasteiger partial charge in [-0.1, -0.05) is 31.0 Å². The van der Waals surface area contributed by atoms with Gasteiger partial charge in [-0.3, -0.25) is 0 Å². The molecule has 1 aromatic rings. The first kappa shape index (κ1) is 12.7. The molecule has 0 bridgehead atoms. The Morgan fingerprint density at radius 3 is 2.82 bits per heavy atom. The summed E-state index contributed by atoms with van der Waals surface area (Å²) in [6.07, 6.45) is 2.04. The van der Waals surface area contributed by atoms with Crippen molar-refractivity contribution in [3.8, 4) is 0 Å². The normalized spacial score (nSPS) is 21.9. The van der Waals surface area contributed by atoms with Crippen molar-refractivity contribution < 1.29 is 5.11 Å². The molecule has 17 heavy (non-hydrogen) atoms. The zero-order valence-electron chi connectivity index (χ0n) is 10.5. The fraction of sp³-hybridized carbons (Fsp3) is 0.571. The lowest BCUT2D eigenvalue weighted by Crippen LogP contribution is -2.19. The molecule has 2 atom stereocenters. The van der Waals surface area contributed by atoms with E-state index in [1.165, 1.54) is 12.8 Å². The highest BCUT2D eigenvalue weighted by Crippen LogP contribution is 2.33. The number of aliphatic hydroxyl groups excluding tert-OH is 1. The van der Waals surface area contributed by atoms with Crippen molar-refractivity contribution in [2.75, 3.05) is 18.0 Å². The monoisotopic (exact) mass is 253 g/mol. The minimum atomic E-state index is -0.455. The lowest BCUT2D eigenvalue weighted by atomic mass is 10.1. The summed E-state index contributed by atoms with van der Waals surface area (Å²) in [7, 11) is 0. The Balaban J connectivity index is 2.17.